The van der Waals surface area contributed by atoms with E-state index >= 15 is 0 Å². The summed E-state index contributed by atoms with van der Waals surface area (Å²) in [7, 11) is 4.58. The van der Waals surface area contributed by atoms with E-state index in [2.05, 4.69) is 0 Å². The van der Waals surface area contributed by atoms with Crippen molar-refractivity contribution in [1.82, 2.24) is 0 Å². The van der Waals surface area contributed by atoms with Crippen LogP contribution in [-0.4, -0.2) is 32.4 Å². The van der Waals surface area contributed by atoms with Gasteiger partial charge in [0.1, 0.15) is 17.2 Å². The third kappa shape index (κ3) is 3.83. The zero-order valence-electron chi connectivity index (χ0n) is 13.2. The van der Waals surface area contributed by atoms with E-state index in [9.17, 15) is 9.90 Å². The Hall–Kier alpha value is -2.95. The molecular formula is C18H18O5. The molecule has 23 heavy (non-hydrogen) atoms. The van der Waals surface area contributed by atoms with E-state index in [0.717, 1.165) is 0 Å². The van der Waals surface area contributed by atoms with Crippen LogP contribution >= 0.6 is 0 Å². The van der Waals surface area contributed by atoms with Gasteiger partial charge in [0, 0.05) is 5.56 Å². The van der Waals surface area contributed by atoms with Crippen molar-refractivity contribution in [2.45, 2.75) is 0 Å². The number of methoxy groups -OCH3 is 3. The zero-order chi connectivity index (χ0) is 16.8. The summed E-state index contributed by atoms with van der Waals surface area (Å²) in [6.45, 7) is 0. The summed E-state index contributed by atoms with van der Waals surface area (Å²) in [5.74, 6) is 0.612. The Morgan fingerprint density at radius 3 is 2.26 bits per heavy atom. The fourth-order valence-corrected chi connectivity index (χ4v) is 2.18. The van der Waals surface area contributed by atoms with E-state index in [1.165, 1.54) is 14.2 Å². The van der Waals surface area contributed by atoms with Gasteiger partial charge in [-0.05, 0) is 42.0 Å². The van der Waals surface area contributed by atoms with Gasteiger partial charge < -0.3 is 19.3 Å². The average Bonchev–Trinajstić information content (AvgIpc) is 2.59. The van der Waals surface area contributed by atoms with Crippen molar-refractivity contribution >= 4 is 17.6 Å². The molecule has 0 unspecified atom stereocenters. The van der Waals surface area contributed by atoms with Crippen molar-refractivity contribution in [3.63, 3.8) is 0 Å². The number of ether oxygens (including phenoxy) is 3. The lowest BCUT2D eigenvalue weighted by atomic mass is 10.0. The Balaban J connectivity index is 2.58. The van der Waals surface area contributed by atoms with Gasteiger partial charge >= 0.3 is 5.97 Å². The maximum absolute atomic E-state index is 11.7. The maximum Gasteiger partial charge on any atom is 0.336 e. The number of benzene rings is 2. The fraction of sp³-hybridized carbons (Fsp3) is 0.167. The molecule has 120 valence electrons. The number of rotatable bonds is 6. The first kappa shape index (κ1) is 16.4. The quantitative estimate of drug-likeness (QED) is 0.654. The molecule has 0 aliphatic rings. The minimum absolute atomic E-state index is 0.106. The van der Waals surface area contributed by atoms with Crippen LogP contribution in [0.2, 0.25) is 0 Å². The van der Waals surface area contributed by atoms with E-state index < -0.39 is 5.97 Å². The Morgan fingerprint density at radius 2 is 1.65 bits per heavy atom. The molecule has 2 aromatic rings. The standard InChI is InChI=1S/C18H18O5/c1-21-13-6-4-5-12(9-13)10-16(18(19)20)15-11-14(22-2)7-8-17(15)23-3/h4-11H,1-3H3,(H,19,20)/b16-10-. The summed E-state index contributed by atoms with van der Waals surface area (Å²) in [4.78, 5) is 11.7. The van der Waals surface area contributed by atoms with Gasteiger partial charge in [0.2, 0.25) is 0 Å². The summed E-state index contributed by atoms with van der Waals surface area (Å²) in [6.07, 6.45) is 1.57. The van der Waals surface area contributed by atoms with Crippen LogP contribution in [0.1, 0.15) is 11.1 Å². The van der Waals surface area contributed by atoms with Crippen LogP contribution in [0.5, 0.6) is 17.2 Å². The molecule has 2 aromatic carbocycles. The van der Waals surface area contributed by atoms with Gasteiger partial charge in [0.25, 0.3) is 0 Å². The molecule has 0 radical (unpaired) electrons. The van der Waals surface area contributed by atoms with Crippen LogP contribution in [0.3, 0.4) is 0 Å². The van der Waals surface area contributed by atoms with E-state index in [-0.39, 0.29) is 5.57 Å². The molecule has 0 amide bonds. The molecule has 0 aliphatic heterocycles. The van der Waals surface area contributed by atoms with E-state index in [0.29, 0.717) is 28.4 Å². The summed E-state index contributed by atoms with van der Waals surface area (Å²) in [6, 6.07) is 12.2. The van der Waals surface area contributed by atoms with Gasteiger partial charge in [-0.1, -0.05) is 12.1 Å². The maximum atomic E-state index is 11.7. The third-order valence-electron chi connectivity index (χ3n) is 3.33. The van der Waals surface area contributed by atoms with Crippen molar-refractivity contribution in [2.75, 3.05) is 21.3 Å². The fourth-order valence-electron chi connectivity index (χ4n) is 2.18. The summed E-state index contributed by atoms with van der Waals surface area (Å²) >= 11 is 0. The number of carbonyl (C=O) groups is 1. The molecule has 5 nitrogen and oxygen atoms in total. The lowest BCUT2D eigenvalue weighted by Crippen LogP contribution is -2.02. The highest BCUT2D eigenvalue weighted by atomic mass is 16.5. The highest BCUT2D eigenvalue weighted by molar-refractivity contribution is 6.21. The van der Waals surface area contributed by atoms with Crippen molar-refractivity contribution in [1.29, 1.82) is 0 Å². The molecule has 0 bridgehead atoms. The molecule has 5 heteroatoms. The molecular weight excluding hydrogens is 296 g/mol. The van der Waals surface area contributed by atoms with Crippen molar-refractivity contribution in [2.24, 2.45) is 0 Å². The smallest absolute Gasteiger partial charge is 0.336 e. The third-order valence-corrected chi connectivity index (χ3v) is 3.33. The Labute approximate surface area is 134 Å². The van der Waals surface area contributed by atoms with Crippen LogP contribution in [0.4, 0.5) is 0 Å². The highest BCUT2D eigenvalue weighted by Gasteiger charge is 2.16. The number of carboxylic acids is 1. The van der Waals surface area contributed by atoms with Gasteiger partial charge in [-0.15, -0.1) is 0 Å². The number of hydrogen-bond donors (Lipinski definition) is 1. The second-order valence-electron chi connectivity index (χ2n) is 4.71. The van der Waals surface area contributed by atoms with Gasteiger partial charge in [-0.3, -0.25) is 0 Å². The first-order valence-corrected chi connectivity index (χ1v) is 6.90. The predicted octanol–water partition coefficient (Wildman–Crippen LogP) is 3.34. The van der Waals surface area contributed by atoms with Gasteiger partial charge in [0.05, 0.1) is 26.9 Å². The van der Waals surface area contributed by atoms with E-state index in [4.69, 9.17) is 14.2 Å². The number of aliphatic carboxylic acids is 1. The van der Waals surface area contributed by atoms with Crippen LogP contribution in [0, 0.1) is 0 Å². The highest BCUT2D eigenvalue weighted by Crippen LogP contribution is 2.32. The van der Waals surface area contributed by atoms with Crippen molar-refractivity contribution in [3.8, 4) is 17.2 Å². The van der Waals surface area contributed by atoms with E-state index in [1.807, 2.05) is 0 Å². The normalized spacial score (nSPS) is 11.0. The van der Waals surface area contributed by atoms with E-state index in [1.54, 1.807) is 55.7 Å². The topological polar surface area (TPSA) is 65.0 Å². The van der Waals surface area contributed by atoms with Gasteiger partial charge in [0.15, 0.2) is 0 Å². The van der Waals surface area contributed by atoms with Crippen LogP contribution in [-0.2, 0) is 4.79 Å². The summed E-state index contributed by atoms with van der Waals surface area (Å²) in [5, 5.41) is 9.60. The predicted molar refractivity (Wildman–Crippen MR) is 88.0 cm³/mol. The zero-order valence-corrected chi connectivity index (χ0v) is 13.2. The molecule has 0 atom stereocenters. The monoisotopic (exact) mass is 314 g/mol. The van der Waals surface area contributed by atoms with Crippen LogP contribution in [0.25, 0.3) is 11.6 Å². The average molecular weight is 314 g/mol. The molecule has 0 aromatic heterocycles. The number of hydrogen-bond acceptors (Lipinski definition) is 4. The van der Waals surface area contributed by atoms with Crippen LogP contribution in [0.15, 0.2) is 42.5 Å². The van der Waals surface area contributed by atoms with Crippen molar-refractivity contribution in [3.05, 3.63) is 53.6 Å². The van der Waals surface area contributed by atoms with Gasteiger partial charge in [-0.2, -0.15) is 0 Å². The summed E-state index contributed by atoms with van der Waals surface area (Å²) in [5.41, 5.74) is 1.27. The second-order valence-corrected chi connectivity index (χ2v) is 4.71. The SMILES string of the molecule is COc1cccc(/C=C(\C(=O)O)c2cc(OC)ccc2OC)c1. The molecule has 0 spiro atoms. The molecule has 1 N–H and O–H groups in total. The van der Waals surface area contributed by atoms with Crippen LogP contribution < -0.4 is 14.2 Å². The van der Waals surface area contributed by atoms with Crippen molar-refractivity contribution < 1.29 is 24.1 Å². The first-order valence-electron chi connectivity index (χ1n) is 6.90. The largest absolute Gasteiger partial charge is 0.497 e. The number of carboxylic acid groups (broad SMARTS) is 1. The molecule has 0 saturated heterocycles. The molecule has 0 saturated carbocycles. The minimum Gasteiger partial charge on any atom is -0.497 e. The Bertz CT molecular complexity index is 734. The first-order chi connectivity index (χ1) is 11.1. The van der Waals surface area contributed by atoms with Gasteiger partial charge in [-0.25, -0.2) is 4.79 Å². The Morgan fingerprint density at radius 1 is 0.957 bits per heavy atom. The lowest BCUT2D eigenvalue weighted by Gasteiger charge is -2.11. The lowest BCUT2D eigenvalue weighted by molar-refractivity contribution is -0.130. The molecule has 2 rings (SSSR count). The minimum atomic E-state index is -1.06. The Kier molecular flexibility index (Phi) is 5.25. The second kappa shape index (κ2) is 7.35. The molecule has 0 fully saturated rings. The molecule has 0 heterocycles. The summed E-state index contributed by atoms with van der Waals surface area (Å²) < 4.78 is 15.6. The molecule has 0 aliphatic carbocycles.